The average molecular weight is 210 g/mol. The van der Waals surface area contributed by atoms with Gasteiger partial charge < -0.3 is 5.11 Å². The molecule has 1 rings (SSSR count). The molecule has 1 N–H and O–H groups in total. The molecule has 0 heterocycles. The lowest BCUT2D eigenvalue weighted by molar-refractivity contribution is -0.140. The molecule has 0 spiro atoms. The number of carbonyl (C=O) groups is 2. The summed E-state index contributed by atoms with van der Waals surface area (Å²) in [7, 11) is 0. The lowest BCUT2D eigenvalue weighted by Crippen LogP contribution is -2.07. The molecule has 0 aliphatic heterocycles. The van der Waals surface area contributed by atoms with Gasteiger partial charge in [-0.3, -0.25) is 9.59 Å². The van der Waals surface area contributed by atoms with E-state index in [1.54, 1.807) is 12.1 Å². The highest BCUT2D eigenvalue weighted by Gasteiger charge is 2.07. The molecule has 0 atom stereocenters. The molecule has 3 nitrogen and oxygen atoms in total. The summed E-state index contributed by atoms with van der Waals surface area (Å²) < 4.78 is 12.5. The lowest BCUT2D eigenvalue weighted by atomic mass is 10.1. The van der Waals surface area contributed by atoms with E-state index in [4.69, 9.17) is 5.11 Å². The molecule has 0 bridgehead atoms. The number of aliphatic carboxylic acids is 1. The smallest absolute Gasteiger partial charge is 0.310 e. The number of benzene rings is 1. The zero-order chi connectivity index (χ0) is 11.3. The van der Waals surface area contributed by atoms with Crippen molar-refractivity contribution in [3.05, 3.63) is 35.6 Å². The summed E-state index contributed by atoms with van der Waals surface area (Å²) >= 11 is 0. The molecule has 4 heteroatoms. The fourth-order valence-electron chi connectivity index (χ4n) is 1.19. The Bertz CT molecular complexity index is 357. The predicted octanol–water partition coefficient (Wildman–Crippen LogP) is 1.80. The van der Waals surface area contributed by atoms with Crippen molar-refractivity contribution in [1.82, 2.24) is 0 Å². The van der Waals surface area contributed by atoms with Gasteiger partial charge in [0.1, 0.15) is 18.0 Å². The topological polar surface area (TPSA) is 54.4 Å². The van der Waals surface area contributed by atoms with Crippen molar-refractivity contribution >= 4 is 11.8 Å². The van der Waals surface area contributed by atoms with Gasteiger partial charge in [-0.25, -0.2) is 4.39 Å². The van der Waals surface area contributed by atoms with Crippen LogP contribution in [0.25, 0.3) is 0 Å². The molecule has 0 radical (unpaired) electrons. The maximum Gasteiger partial charge on any atom is 0.310 e. The molecule has 1 aromatic carbocycles. The third-order valence-corrected chi connectivity index (χ3v) is 1.95. The van der Waals surface area contributed by atoms with E-state index in [0.717, 1.165) is 5.56 Å². The van der Waals surface area contributed by atoms with Gasteiger partial charge in [0, 0.05) is 6.42 Å². The predicted molar refractivity (Wildman–Crippen MR) is 52.0 cm³/mol. The molecule has 1 aromatic rings. The maximum atomic E-state index is 12.5. The van der Waals surface area contributed by atoms with Crippen LogP contribution in [0.4, 0.5) is 4.39 Å². The normalized spacial score (nSPS) is 9.93. The lowest BCUT2D eigenvalue weighted by Gasteiger charge is -1.99. The number of hydrogen-bond acceptors (Lipinski definition) is 2. The Kier molecular flexibility index (Phi) is 3.97. The highest BCUT2D eigenvalue weighted by molar-refractivity contribution is 5.94. The molecule has 80 valence electrons. The van der Waals surface area contributed by atoms with E-state index in [1.807, 2.05) is 0 Å². The summed E-state index contributed by atoms with van der Waals surface area (Å²) in [6.07, 6.45) is 0.186. The molecule has 0 aliphatic rings. The van der Waals surface area contributed by atoms with Gasteiger partial charge in [-0.2, -0.15) is 0 Å². The van der Waals surface area contributed by atoms with Crippen LogP contribution < -0.4 is 0 Å². The summed E-state index contributed by atoms with van der Waals surface area (Å²) in [6, 6.07) is 5.81. The number of rotatable bonds is 5. The van der Waals surface area contributed by atoms with Crippen molar-refractivity contribution in [2.24, 2.45) is 0 Å². The first kappa shape index (κ1) is 11.4. The summed E-state index contributed by atoms with van der Waals surface area (Å²) in [5, 5.41) is 8.35. The van der Waals surface area contributed by atoms with Crippen molar-refractivity contribution in [3.8, 4) is 0 Å². The maximum absolute atomic E-state index is 12.5. The van der Waals surface area contributed by atoms with Crippen molar-refractivity contribution in [2.45, 2.75) is 19.3 Å². The van der Waals surface area contributed by atoms with Crippen LogP contribution in [-0.4, -0.2) is 16.9 Å². The first-order valence-electron chi connectivity index (χ1n) is 4.56. The highest BCUT2D eigenvalue weighted by Crippen LogP contribution is 2.06. The molecule has 0 aromatic heterocycles. The molecule has 15 heavy (non-hydrogen) atoms. The van der Waals surface area contributed by atoms with Crippen LogP contribution in [0.5, 0.6) is 0 Å². The number of carboxylic acid groups (broad SMARTS) is 1. The van der Waals surface area contributed by atoms with E-state index in [2.05, 4.69) is 0 Å². The Morgan fingerprint density at radius 3 is 2.33 bits per heavy atom. The Hall–Kier alpha value is -1.71. The summed E-state index contributed by atoms with van der Waals surface area (Å²) in [5.74, 6) is -1.75. The third kappa shape index (κ3) is 4.35. The number of ketones is 1. The molecule has 0 aliphatic carbocycles. The summed E-state index contributed by atoms with van der Waals surface area (Å²) in [4.78, 5) is 21.2. The van der Waals surface area contributed by atoms with Crippen LogP contribution in [0.1, 0.15) is 18.4 Å². The van der Waals surface area contributed by atoms with Crippen LogP contribution in [-0.2, 0) is 16.0 Å². The summed E-state index contributed by atoms with van der Waals surface area (Å²) in [6.45, 7) is 0. The van der Waals surface area contributed by atoms with E-state index in [9.17, 15) is 14.0 Å². The monoisotopic (exact) mass is 210 g/mol. The second-order valence-corrected chi connectivity index (χ2v) is 3.24. The number of carboxylic acids is 1. The van der Waals surface area contributed by atoms with Gasteiger partial charge in [0.25, 0.3) is 0 Å². The van der Waals surface area contributed by atoms with E-state index in [-0.39, 0.29) is 18.0 Å². The second kappa shape index (κ2) is 5.24. The molecule has 0 saturated carbocycles. The average Bonchev–Trinajstić information content (AvgIpc) is 2.16. The summed E-state index contributed by atoms with van der Waals surface area (Å²) in [5.41, 5.74) is 0.829. The van der Waals surface area contributed by atoms with Crippen LogP contribution >= 0.6 is 0 Å². The van der Waals surface area contributed by atoms with E-state index < -0.39 is 12.4 Å². The number of carbonyl (C=O) groups excluding carboxylic acids is 1. The molecule has 0 saturated heterocycles. The SMILES string of the molecule is O=C(O)CC(=O)CCc1ccc(F)cc1. The van der Waals surface area contributed by atoms with Crippen LogP contribution in [0.15, 0.2) is 24.3 Å². The van der Waals surface area contributed by atoms with Gasteiger partial charge in [0.05, 0.1) is 0 Å². The minimum Gasteiger partial charge on any atom is -0.481 e. The fourth-order valence-corrected chi connectivity index (χ4v) is 1.19. The van der Waals surface area contributed by atoms with Crippen LogP contribution in [0.2, 0.25) is 0 Å². The standard InChI is InChI=1S/C11H11FO3/c12-9-4-1-8(2-5-9)3-6-10(13)7-11(14)15/h1-2,4-5H,3,6-7H2,(H,14,15). The highest BCUT2D eigenvalue weighted by atomic mass is 19.1. The molecular weight excluding hydrogens is 199 g/mol. The molecule has 0 amide bonds. The largest absolute Gasteiger partial charge is 0.481 e. The molecular formula is C11H11FO3. The zero-order valence-electron chi connectivity index (χ0n) is 8.07. The Morgan fingerprint density at radius 2 is 1.80 bits per heavy atom. The minimum absolute atomic E-state index is 0.179. The Balaban J connectivity index is 2.40. The van der Waals surface area contributed by atoms with Gasteiger partial charge in [0.2, 0.25) is 0 Å². The number of halogens is 1. The van der Waals surface area contributed by atoms with Gasteiger partial charge in [-0.05, 0) is 24.1 Å². The molecule has 0 unspecified atom stereocenters. The number of aryl methyl sites for hydroxylation is 1. The Morgan fingerprint density at radius 1 is 1.20 bits per heavy atom. The minimum atomic E-state index is -1.11. The van der Waals surface area contributed by atoms with Crippen molar-refractivity contribution in [1.29, 1.82) is 0 Å². The van der Waals surface area contributed by atoms with E-state index >= 15 is 0 Å². The zero-order valence-corrected chi connectivity index (χ0v) is 8.07. The van der Waals surface area contributed by atoms with Crippen molar-refractivity contribution in [2.75, 3.05) is 0 Å². The number of hydrogen-bond donors (Lipinski definition) is 1. The van der Waals surface area contributed by atoms with Gasteiger partial charge >= 0.3 is 5.97 Å². The quantitative estimate of drug-likeness (QED) is 0.754. The molecule has 0 fully saturated rings. The first-order valence-corrected chi connectivity index (χ1v) is 4.56. The first-order chi connectivity index (χ1) is 7.08. The fraction of sp³-hybridized carbons (Fsp3) is 0.273. The van der Waals surface area contributed by atoms with Crippen LogP contribution in [0.3, 0.4) is 0 Å². The van der Waals surface area contributed by atoms with E-state index in [0.29, 0.717) is 6.42 Å². The van der Waals surface area contributed by atoms with Gasteiger partial charge in [-0.1, -0.05) is 12.1 Å². The van der Waals surface area contributed by atoms with Crippen molar-refractivity contribution < 1.29 is 19.1 Å². The Labute approximate surface area is 86.5 Å². The van der Waals surface area contributed by atoms with Crippen LogP contribution in [0, 0.1) is 5.82 Å². The third-order valence-electron chi connectivity index (χ3n) is 1.95. The van der Waals surface area contributed by atoms with E-state index in [1.165, 1.54) is 12.1 Å². The second-order valence-electron chi connectivity index (χ2n) is 3.24. The number of Topliss-reactive ketones (excluding diaryl/α,β-unsaturated/α-hetero) is 1. The van der Waals surface area contributed by atoms with Crippen molar-refractivity contribution in [3.63, 3.8) is 0 Å². The van der Waals surface area contributed by atoms with Gasteiger partial charge in [-0.15, -0.1) is 0 Å². The van der Waals surface area contributed by atoms with Gasteiger partial charge in [0.15, 0.2) is 0 Å².